The number of para-hydroxylation sites is 2. The van der Waals surface area contributed by atoms with E-state index < -0.39 is 5.97 Å². The Kier molecular flexibility index (Phi) is 6.84. The van der Waals surface area contributed by atoms with Gasteiger partial charge in [-0.15, -0.1) is 11.3 Å². The summed E-state index contributed by atoms with van der Waals surface area (Å²) >= 11 is 1.42. The van der Waals surface area contributed by atoms with Crippen LogP contribution in [-0.4, -0.2) is 47.8 Å². The maximum absolute atomic E-state index is 12.3. The van der Waals surface area contributed by atoms with E-state index in [9.17, 15) is 9.59 Å². The third-order valence-corrected chi connectivity index (χ3v) is 5.79. The quantitative estimate of drug-likeness (QED) is 0.362. The minimum absolute atomic E-state index is 0.0365. The first-order chi connectivity index (χ1) is 16.1. The number of hydrogen-bond donors (Lipinski definition) is 2. The maximum atomic E-state index is 12.3. The molecule has 170 valence electrons. The molecule has 2 aromatic carbocycles. The Morgan fingerprint density at radius 1 is 1.09 bits per heavy atom. The lowest BCUT2D eigenvalue weighted by molar-refractivity contribution is -0.144. The molecule has 0 spiro atoms. The van der Waals surface area contributed by atoms with Crippen molar-refractivity contribution in [1.29, 1.82) is 0 Å². The number of amides is 1. The van der Waals surface area contributed by atoms with Gasteiger partial charge in [0.2, 0.25) is 0 Å². The number of benzene rings is 2. The molecule has 2 heterocycles. The number of aromatic amines is 1. The van der Waals surface area contributed by atoms with Gasteiger partial charge < -0.3 is 19.5 Å². The van der Waals surface area contributed by atoms with Crippen LogP contribution in [0.1, 0.15) is 22.6 Å². The maximum Gasteiger partial charge on any atom is 0.307 e. The fourth-order valence-electron chi connectivity index (χ4n) is 3.28. The number of fused-ring (bicyclic) bond motifs is 1. The summed E-state index contributed by atoms with van der Waals surface area (Å²) in [5.74, 6) is 0.425. The Morgan fingerprint density at radius 2 is 1.94 bits per heavy atom. The highest BCUT2D eigenvalue weighted by molar-refractivity contribution is 7.13. The Bertz CT molecular complexity index is 1280. The van der Waals surface area contributed by atoms with Crippen LogP contribution < -0.4 is 14.8 Å². The van der Waals surface area contributed by atoms with E-state index in [-0.39, 0.29) is 25.5 Å². The van der Waals surface area contributed by atoms with E-state index in [0.717, 1.165) is 21.5 Å². The van der Waals surface area contributed by atoms with Crippen LogP contribution in [0.2, 0.25) is 0 Å². The molecule has 33 heavy (non-hydrogen) atoms. The molecule has 0 bridgehead atoms. The molecule has 0 saturated carbocycles. The molecule has 9 nitrogen and oxygen atoms in total. The van der Waals surface area contributed by atoms with Crippen molar-refractivity contribution in [3.05, 3.63) is 59.2 Å². The molecular formula is C23H22N4O5S. The van der Waals surface area contributed by atoms with E-state index in [1.807, 2.05) is 47.8 Å². The largest absolute Gasteiger partial charge is 0.493 e. The van der Waals surface area contributed by atoms with E-state index in [4.69, 9.17) is 14.2 Å². The van der Waals surface area contributed by atoms with Gasteiger partial charge >= 0.3 is 5.97 Å². The Morgan fingerprint density at radius 3 is 2.76 bits per heavy atom. The van der Waals surface area contributed by atoms with Gasteiger partial charge in [0.25, 0.3) is 5.91 Å². The van der Waals surface area contributed by atoms with Crippen LogP contribution in [0.4, 0.5) is 0 Å². The second kappa shape index (κ2) is 10.1. The van der Waals surface area contributed by atoms with Crippen molar-refractivity contribution in [2.45, 2.75) is 13.0 Å². The number of nitrogens with zero attached hydrogens (tertiary/aromatic N) is 2. The molecule has 4 aromatic rings. The van der Waals surface area contributed by atoms with Crippen LogP contribution in [0.3, 0.4) is 0 Å². The molecule has 2 N–H and O–H groups in total. The lowest BCUT2D eigenvalue weighted by atomic mass is 10.2. The zero-order valence-electron chi connectivity index (χ0n) is 18.1. The van der Waals surface area contributed by atoms with Crippen LogP contribution in [0.5, 0.6) is 11.5 Å². The Hall–Kier alpha value is -3.92. The predicted octanol–water partition coefficient (Wildman–Crippen LogP) is 3.57. The van der Waals surface area contributed by atoms with E-state index >= 15 is 0 Å². The molecule has 10 heteroatoms. The summed E-state index contributed by atoms with van der Waals surface area (Å²) < 4.78 is 16.1. The van der Waals surface area contributed by atoms with Crippen LogP contribution in [0.25, 0.3) is 21.5 Å². The van der Waals surface area contributed by atoms with Gasteiger partial charge in [-0.1, -0.05) is 24.3 Å². The summed E-state index contributed by atoms with van der Waals surface area (Å²) in [6.45, 7) is 0.182. The van der Waals surface area contributed by atoms with E-state index in [0.29, 0.717) is 22.9 Å². The summed E-state index contributed by atoms with van der Waals surface area (Å²) in [5, 5.41) is 12.8. The molecule has 0 unspecified atom stereocenters. The summed E-state index contributed by atoms with van der Waals surface area (Å²) in [4.78, 5) is 29.0. The summed E-state index contributed by atoms with van der Waals surface area (Å²) in [7, 11) is 3.15. The zero-order valence-corrected chi connectivity index (χ0v) is 18.9. The topological polar surface area (TPSA) is 115 Å². The number of H-pyrrole nitrogens is 1. The van der Waals surface area contributed by atoms with Crippen molar-refractivity contribution >= 4 is 34.1 Å². The lowest BCUT2D eigenvalue weighted by Crippen LogP contribution is -2.27. The van der Waals surface area contributed by atoms with Crippen LogP contribution in [0.15, 0.2) is 47.8 Å². The van der Waals surface area contributed by atoms with Gasteiger partial charge in [0, 0.05) is 17.3 Å². The Balaban J connectivity index is 1.28. The van der Waals surface area contributed by atoms with Crippen molar-refractivity contribution in [3.63, 3.8) is 0 Å². The van der Waals surface area contributed by atoms with E-state index in [1.54, 1.807) is 14.2 Å². The Labute approximate surface area is 193 Å². The SMILES string of the molecule is COc1cccc(-c2nc(COC(=O)CCNC(=O)c3n[nH]c4ccccc34)cs2)c1OC. The molecule has 0 aliphatic carbocycles. The number of carbonyl (C=O) groups is 2. The van der Waals surface area contributed by atoms with Gasteiger partial charge in [-0.25, -0.2) is 4.98 Å². The van der Waals surface area contributed by atoms with Gasteiger partial charge in [-0.05, 0) is 18.2 Å². The summed E-state index contributed by atoms with van der Waals surface area (Å²) in [5.41, 5.74) is 2.49. The van der Waals surface area contributed by atoms with Crippen molar-refractivity contribution in [2.75, 3.05) is 20.8 Å². The second-order valence-corrected chi connectivity index (χ2v) is 7.83. The fraction of sp³-hybridized carbons (Fsp3) is 0.217. The summed E-state index contributed by atoms with van der Waals surface area (Å²) in [6, 6.07) is 12.9. The second-order valence-electron chi connectivity index (χ2n) is 6.97. The first-order valence-corrected chi connectivity index (χ1v) is 11.0. The monoisotopic (exact) mass is 466 g/mol. The molecule has 1 amide bonds. The molecule has 0 atom stereocenters. The standard InChI is InChI=1S/C23H22N4O5S/c1-30-18-9-5-7-16(21(18)31-2)23-25-14(13-33-23)12-32-19(28)10-11-24-22(29)20-15-6-3-4-8-17(15)26-27-20/h3-9,13H,10-12H2,1-2H3,(H,24,29)(H,26,27). The molecule has 0 aliphatic rings. The molecule has 0 fully saturated rings. The van der Waals surface area contributed by atoms with Gasteiger partial charge in [-0.2, -0.15) is 5.10 Å². The number of thiazole rings is 1. The fourth-order valence-corrected chi connectivity index (χ4v) is 4.10. The summed E-state index contributed by atoms with van der Waals surface area (Å²) in [6.07, 6.45) is 0.0365. The third-order valence-electron chi connectivity index (χ3n) is 4.87. The lowest BCUT2D eigenvalue weighted by Gasteiger charge is -2.10. The highest BCUT2D eigenvalue weighted by atomic mass is 32.1. The van der Waals surface area contributed by atoms with Gasteiger partial charge in [0.1, 0.15) is 11.6 Å². The van der Waals surface area contributed by atoms with Gasteiger partial charge in [-0.3, -0.25) is 14.7 Å². The first kappa shape index (κ1) is 22.3. The van der Waals surface area contributed by atoms with Crippen molar-refractivity contribution in [3.8, 4) is 22.1 Å². The average Bonchev–Trinajstić information content (AvgIpc) is 3.49. The molecular weight excluding hydrogens is 444 g/mol. The number of esters is 1. The highest BCUT2D eigenvalue weighted by Gasteiger charge is 2.16. The number of rotatable bonds is 9. The normalized spacial score (nSPS) is 10.7. The number of hydrogen-bond acceptors (Lipinski definition) is 8. The smallest absolute Gasteiger partial charge is 0.307 e. The minimum atomic E-state index is -0.435. The molecule has 2 aromatic heterocycles. The number of aromatic nitrogens is 3. The minimum Gasteiger partial charge on any atom is -0.493 e. The van der Waals surface area contributed by atoms with Crippen molar-refractivity contribution in [1.82, 2.24) is 20.5 Å². The van der Waals surface area contributed by atoms with Crippen LogP contribution in [-0.2, 0) is 16.1 Å². The molecule has 4 rings (SSSR count). The third kappa shape index (κ3) is 4.96. The average molecular weight is 467 g/mol. The number of nitrogens with one attached hydrogen (secondary N) is 2. The molecule has 0 saturated heterocycles. The van der Waals surface area contributed by atoms with Gasteiger partial charge in [0.15, 0.2) is 17.2 Å². The van der Waals surface area contributed by atoms with Crippen LogP contribution >= 0.6 is 11.3 Å². The highest BCUT2D eigenvalue weighted by Crippen LogP contribution is 2.39. The van der Waals surface area contributed by atoms with E-state index in [2.05, 4.69) is 20.5 Å². The number of ether oxygens (including phenoxy) is 3. The number of methoxy groups -OCH3 is 2. The van der Waals surface area contributed by atoms with Crippen molar-refractivity contribution < 1.29 is 23.8 Å². The number of carbonyl (C=O) groups excluding carboxylic acids is 2. The van der Waals surface area contributed by atoms with Crippen molar-refractivity contribution in [2.24, 2.45) is 0 Å². The zero-order chi connectivity index (χ0) is 23.2. The first-order valence-electron chi connectivity index (χ1n) is 10.1. The van der Waals surface area contributed by atoms with Gasteiger partial charge in [0.05, 0.1) is 37.4 Å². The van der Waals surface area contributed by atoms with Crippen LogP contribution in [0, 0.1) is 0 Å². The predicted molar refractivity (Wildman–Crippen MR) is 123 cm³/mol. The van der Waals surface area contributed by atoms with E-state index in [1.165, 1.54) is 11.3 Å². The molecule has 0 aliphatic heterocycles. The molecule has 0 radical (unpaired) electrons.